The van der Waals surface area contributed by atoms with Crippen molar-refractivity contribution in [2.24, 2.45) is 0 Å². The first-order chi connectivity index (χ1) is 11.8. The third kappa shape index (κ3) is 2.56. The van der Waals surface area contributed by atoms with Gasteiger partial charge in [0.15, 0.2) is 11.5 Å². The van der Waals surface area contributed by atoms with Crippen molar-refractivity contribution in [3.63, 3.8) is 0 Å². The van der Waals surface area contributed by atoms with Gasteiger partial charge in [-0.05, 0) is 36.5 Å². The molecule has 0 unspecified atom stereocenters. The summed E-state index contributed by atoms with van der Waals surface area (Å²) in [5.41, 5.74) is 5.23. The molecule has 3 aliphatic rings. The van der Waals surface area contributed by atoms with Gasteiger partial charge in [0.1, 0.15) is 0 Å². The zero-order chi connectivity index (χ0) is 16.1. The summed E-state index contributed by atoms with van der Waals surface area (Å²) < 4.78 is 10.9. The molecule has 0 radical (unpaired) electrons. The second kappa shape index (κ2) is 5.67. The maximum atomic E-state index is 6.43. The molecule has 1 aliphatic carbocycles. The molecule has 24 heavy (non-hydrogen) atoms. The third-order valence-electron chi connectivity index (χ3n) is 5.24. The maximum absolute atomic E-state index is 6.43. The standard InChI is InChI=1S/C18H20ClN3O2/c19-14-8-17-16(23-10-24-17)7-12(14)9-22-5-3-13-15(4-6-22)20-21-18(13)11-1-2-11/h7-8,11H,1-6,9-10H2,(H,20,21). The average Bonchev–Trinajstić information content (AvgIpc) is 3.25. The number of rotatable bonds is 3. The van der Waals surface area contributed by atoms with E-state index in [0.717, 1.165) is 54.6 Å². The van der Waals surface area contributed by atoms with Crippen LogP contribution in [0.25, 0.3) is 0 Å². The summed E-state index contributed by atoms with van der Waals surface area (Å²) >= 11 is 6.43. The highest BCUT2D eigenvalue weighted by atomic mass is 35.5. The minimum Gasteiger partial charge on any atom is -0.454 e. The highest BCUT2D eigenvalue weighted by Crippen LogP contribution is 2.42. The molecule has 5 nitrogen and oxygen atoms in total. The number of hydrogen-bond acceptors (Lipinski definition) is 4. The van der Waals surface area contributed by atoms with E-state index >= 15 is 0 Å². The topological polar surface area (TPSA) is 50.4 Å². The largest absolute Gasteiger partial charge is 0.454 e. The molecule has 0 spiro atoms. The molecule has 126 valence electrons. The molecule has 1 N–H and O–H groups in total. The summed E-state index contributed by atoms with van der Waals surface area (Å²) in [6.45, 7) is 3.18. The Labute approximate surface area is 145 Å². The van der Waals surface area contributed by atoms with Crippen LogP contribution < -0.4 is 9.47 Å². The van der Waals surface area contributed by atoms with E-state index in [1.807, 2.05) is 12.1 Å². The smallest absolute Gasteiger partial charge is 0.231 e. The molecule has 2 aromatic rings. The van der Waals surface area contributed by atoms with Crippen molar-refractivity contribution < 1.29 is 9.47 Å². The molecule has 1 fully saturated rings. The first-order valence-corrected chi connectivity index (χ1v) is 9.02. The second-order valence-electron chi connectivity index (χ2n) is 6.91. The number of fused-ring (bicyclic) bond motifs is 2. The van der Waals surface area contributed by atoms with Crippen LogP contribution >= 0.6 is 11.6 Å². The Balaban J connectivity index is 1.33. The lowest BCUT2D eigenvalue weighted by atomic mass is 10.1. The van der Waals surface area contributed by atoms with Gasteiger partial charge in [0.2, 0.25) is 6.79 Å². The van der Waals surface area contributed by atoms with Gasteiger partial charge in [0.25, 0.3) is 0 Å². The van der Waals surface area contributed by atoms with Crippen LogP contribution in [0.15, 0.2) is 12.1 Å². The Morgan fingerprint density at radius 1 is 1.17 bits per heavy atom. The summed E-state index contributed by atoms with van der Waals surface area (Å²) in [4.78, 5) is 2.47. The third-order valence-corrected chi connectivity index (χ3v) is 5.59. The van der Waals surface area contributed by atoms with Crippen molar-refractivity contribution in [3.05, 3.63) is 39.7 Å². The number of nitrogens with zero attached hydrogens (tertiary/aromatic N) is 2. The number of nitrogens with one attached hydrogen (secondary N) is 1. The molecular formula is C18H20ClN3O2. The zero-order valence-corrected chi connectivity index (χ0v) is 14.2. The highest BCUT2D eigenvalue weighted by molar-refractivity contribution is 6.31. The Hall–Kier alpha value is -1.72. The van der Waals surface area contributed by atoms with Gasteiger partial charge in [0.05, 0.1) is 5.69 Å². The summed E-state index contributed by atoms with van der Waals surface area (Å²) in [6.07, 6.45) is 4.69. The van der Waals surface area contributed by atoms with E-state index in [4.69, 9.17) is 21.1 Å². The van der Waals surface area contributed by atoms with Crippen LogP contribution in [0.1, 0.15) is 41.3 Å². The van der Waals surface area contributed by atoms with Crippen LogP contribution in [0.2, 0.25) is 5.02 Å². The van der Waals surface area contributed by atoms with Gasteiger partial charge in [-0.15, -0.1) is 0 Å². The van der Waals surface area contributed by atoms with E-state index in [9.17, 15) is 0 Å². The van der Waals surface area contributed by atoms with Gasteiger partial charge in [-0.25, -0.2) is 0 Å². The quantitative estimate of drug-likeness (QED) is 0.927. The van der Waals surface area contributed by atoms with Gasteiger partial charge in [0, 0.05) is 48.8 Å². The molecule has 0 atom stereocenters. The summed E-state index contributed by atoms with van der Waals surface area (Å²) in [5, 5.41) is 8.60. The lowest BCUT2D eigenvalue weighted by Crippen LogP contribution is -2.26. The number of halogens is 1. The van der Waals surface area contributed by atoms with Crippen molar-refractivity contribution in [3.8, 4) is 11.5 Å². The van der Waals surface area contributed by atoms with Crippen molar-refractivity contribution in [1.29, 1.82) is 0 Å². The highest BCUT2D eigenvalue weighted by Gasteiger charge is 2.31. The first-order valence-electron chi connectivity index (χ1n) is 8.64. The van der Waals surface area contributed by atoms with Crippen LogP contribution in [0, 0.1) is 0 Å². The lowest BCUT2D eigenvalue weighted by molar-refractivity contribution is 0.174. The Kier molecular flexibility index (Phi) is 3.45. The molecule has 0 bridgehead atoms. The minimum atomic E-state index is 0.282. The number of aromatic nitrogens is 2. The van der Waals surface area contributed by atoms with Crippen LogP contribution in [0.3, 0.4) is 0 Å². The maximum Gasteiger partial charge on any atom is 0.231 e. The van der Waals surface area contributed by atoms with E-state index < -0.39 is 0 Å². The molecule has 1 aromatic heterocycles. The fraction of sp³-hybridized carbons (Fsp3) is 0.500. The molecule has 1 aromatic carbocycles. The number of benzene rings is 1. The van der Waals surface area contributed by atoms with Crippen LogP contribution in [-0.4, -0.2) is 35.0 Å². The summed E-state index contributed by atoms with van der Waals surface area (Å²) in [5.74, 6) is 2.25. The first kappa shape index (κ1) is 14.6. The molecule has 0 amide bonds. The SMILES string of the molecule is Clc1cc2c(cc1CN1CCc3[nH]nc(C4CC4)c3CC1)OCO2. The van der Waals surface area contributed by atoms with E-state index in [-0.39, 0.29) is 6.79 Å². The fourth-order valence-corrected chi connectivity index (χ4v) is 3.94. The predicted octanol–water partition coefficient (Wildman–Crippen LogP) is 3.27. The van der Waals surface area contributed by atoms with E-state index in [1.165, 1.54) is 29.8 Å². The van der Waals surface area contributed by atoms with E-state index in [2.05, 4.69) is 15.1 Å². The number of aromatic amines is 1. The van der Waals surface area contributed by atoms with Crippen molar-refractivity contribution in [1.82, 2.24) is 15.1 Å². The predicted molar refractivity (Wildman–Crippen MR) is 90.8 cm³/mol. The minimum absolute atomic E-state index is 0.282. The molecule has 5 rings (SSSR count). The van der Waals surface area contributed by atoms with Crippen molar-refractivity contribution >= 4 is 11.6 Å². The normalized spacial score (nSPS) is 20.0. The van der Waals surface area contributed by atoms with Crippen molar-refractivity contribution in [2.75, 3.05) is 19.9 Å². The molecule has 6 heteroatoms. The van der Waals surface area contributed by atoms with E-state index in [0.29, 0.717) is 5.92 Å². The van der Waals surface area contributed by atoms with Gasteiger partial charge >= 0.3 is 0 Å². The lowest BCUT2D eigenvalue weighted by Gasteiger charge is -2.20. The van der Waals surface area contributed by atoms with Crippen molar-refractivity contribution in [2.45, 2.75) is 38.1 Å². The number of ether oxygens (including phenoxy) is 2. The van der Waals surface area contributed by atoms with Gasteiger partial charge in [-0.1, -0.05) is 11.6 Å². The molecular weight excluding hydrogens is 326 g/mol. The molecule has 2 aliphatic heterocycles. The second-order valence-corrected chi connectivity index (χ2v) is 7.32. The van der Waals surface area contributed by atoms with Gasteiger partial charge < -0.3 is 9.47 Å². The Bertz CT molecular complexity index is 785. The Morgan fingerprint density at radius 2 is 1.96 bits per heavy atom. The van der Waals surface area contributed by atoms with Gasteiger partial charge in [-0.2, -0.15) is 5.10 Å². The molecule has 1 saturated carbocycles. The number of hydrogen-bond donors (Lipinski definition) is 1. The molecule has 3 heterocycles. The summed E-state index contributed by atoms with van der Waals surface area (Å²) in [7, 11) is 0. The van der Waals surface area contributed by atoms with E-state index in [1.54, 1.807) is 0 Å². The Morgan fingerprint density at radius 3 is 2.79 bits per heavy atom. The number of H-pyrrole nitrogens is 1. The summed E-state index contributed by atoms with van der Waals surface area (Å²) in [6, 6.07) is 3.89. The van der Waals surface area contributed by atoms with Crippen LogP contribution in [0.4, 0.5) is 0 Å². The van der Waals surface area contributed by atoms with Crippen LogP contribution in [-0.2, 0) is 19.4 Å². The fourth-order valence-electron chi connectivity index (χ4n) is 3.73. The monoisotopic (exact) mass is 345 g/mol. The molecule has 0 saturated heterocycles. The van der Waals surface area contributed by atoms with Gasteiger partial charge in [-0.3, -0.25) is 10.00 Å². The average molecular weight is 346 g/mol. The van der Waals surface area contributed by atoms with Crippen LogP contribution in [0.5, 0.6) is 11.5 Å². The zero-order valence-electron chi connectivity index (χ0n) is 13.5.